The molecule has 24 heavy (non-hydrogen) atoms. The highest BCUT2D eigenvalue weighted by Crippen LogP contribution is 2.38. The molecule has 0 bridgehead atoms. The molecular weight excluding hydrogens is 343 g/mol. The lowest BCUT2D eigenvalue weighted by Gasteiger charge is -2.27. The van der Waals surface area contributed by atoms with Gasteiger partial charge in [-0.1, -0.05) is 6.92 Å². The normalized spacial score (nSPS) is 17.8. The van der Waals surface area contributed by atoms with Crippen LogP contribution in [0, 0.1) is 0 Å². The van der Waals surface area contributed by atoms with E-state index in [1.165, 1.54) is 6.07 Å². The maximum Gasteiger partial charge on any atom is 0.418 e. The summed E-state index contributed by atoms with van der Waals surface area (Å²) in [5.41, 5.74) is -0.953. The summed E-state index contributed by atoms with van der Waals surface area (Å²) < 4.78 is 62.9. The molecule has 1 aliphatic rings. The largest absolute Gasteiger partial charge is 0.418 e. The van der Waals surface area contributed by atoms with Gasteiger partial charge in [0.2, 0.25) is 10.0 Å². The zero-order valence-corrected chi connectivity index (χ0v) is 14.3. The Labute approximate surface area is 140 Å². The van der Waals surface area contributed by atoms with Crippen molar-refractivity contribution in [3.05, 3.63) is 23.8 Å². The Bertz CT molecular complexity index is 677. The zero-order valence-electron chi connectivity index (χ0n) is 13.5. The fraction of sp³-hybridized carbons (Fsp3) is 0.600. The van der Waals surface area contributed by atoms with Gasteiger partial charge in [0, 0.05) is 25.3 Å². The maximum atomic E-state index is 13.4. The minimum Gasteiger partial charge on any atom is -0.370 e. The molecule has 1 aromatic carbocycles. The minimum atomic E-state index is -4.65. The Morgan fingerprint density at radius 3 is 2.46 bits per heavy atom. The van der Waals surface area contributed by atoms with Crippen LogP contribution in [0.4, 0.5) is 18.9 Å². The first-order chi connectivity index (χ1) is 11.1. The second-order valence-electron chi connectivity index (χ2n) is 5.90. The smallest absolute Gasteiger partial charge is 0.370 e. The van der Waals surface area contributed by atoms with Crippen LogP contribution in [0.1, 0.15) is 25.3 Å². The highest BCUT2D eigenvalue weighted by atomic mass is 32.2. The van der Waals surface area contributed by atoms with Gasteiger partial charge in [-0.3, -0.25) is 0 Å². The molecule has 1 aliphatic heterocycles. The third-order valence-corrected chi connectivity index (χ3v) is 4.98. The van der Waals surface area contributed by atoms with Gasteiger partial charge in [-0.05, 0) is 44.1 Å². The van der Waals surface area contributed by atoms with Crippen molar-refractivity contribution in [2.45, 2.75) is 30.8 Å². The molecule has 1 heterocycles. The summed E-state index contributed by atoms with van der Waals surface area (Å²) in [5.74, 6) is 0. The van der Waals surface area contributed by atoms with E-state index >= 15 is 0 Å². The van der Waals surface area contributed by atoms with Crippen LogP contribution in [0.25, 0.3) is 0 Å². The quantitative estimate of drug-likeness (QED) is 0.889. The molecule has 136 valence electrons. The molecule has 0 saturated carbocycles. The van der Waals surface area contributed by atoms with E-state index in [1.807, 2.05) is 0 Å². The van der Waals surface area contributed by atoms with Crippen LogP contribution in [-0.2, 0) is 16.2 Å². The molecule has 0 unspecified atom stereocenters. The number of anilines is 1. The standard InChI is InChI=1S/C15H22F3N3O2S/c1-2-6-20-7-3-8-21(10-9-20)14-5-4-12(24(19,22)23)11-13(14)15(16,17)18/h4-5,11H,2-3,6-10H2,1H3,(H2,19,22,23). The number of alkyl halides is 3. The maximum absolute atomic E-state index is 13.4. The first kappa shape index (κ1) is 19.0. The Hall–Kier alpha value is -1.32. The summed E-state index contributed by atoms with van der Waals surface area (Å²) in [7, 11) is -4.18. The highest BCUT2D eigenvalue weighted by Gasteiger charge is 2.36. The van der Waals surface area contributed by atoms with E-state index in [2.05, 4.69) is 11.8 Å². The van der Waals surface area contributed by atoms with Crippen molar-refractivity contribution in [3.8, 4) is 0 Å². The monoisotopic (exact) mass is 365 g/mol. The zero-order chi connectivity index (χ0) is 18.0. The van der Waals surface area contributed by atoms with E-state index in [4.69, 9.17) is 5.14 Å². The number of sulfonamides is 1. The predicted octanol–water partition coefficient (Wildman–Crippen LogP) is 2.27. The molecule has 0 spiro atoms. The van der Waals surface area contributed by atoms with Gasteiger partial charge in [-0.2, -0.15) is 13.2 Å². The van der Waals surface area contributed by atoms with Gasteiger partial charge in [0.1, 0.15) is 0 Å². The molecule has 0 amide bonds. The number of halogens is 3. The van der Waals surface area contributed by atoms with E-state index in [-0.39, 0.29) is 5.69 Å². The molecular formula is C15H22F3N3O2S. The van der Waals surface area contributed by atoms with Gasteiger partial charge in [0.25, 0.3) is 0 Å². The van der Waals surface area contributed by atoms with Gasteiger partial charge in [-0.25, -0.2) is 13.6 Å². The van der Waals surface area contributed by atoms with Crippen LogP contribution in [0.15, 0.2) is 23.1 Å². The fourth-order valence-corrected chi connectivity index (χ4v) is 3.49. The van der Waals surface area contributed by atoms with Crippen molar-refractivity contribution in [1.82, 2.24) is 4.90 Å². The molecule has 1 fully saturated rings. The van der Waals surface area contributed by atoms with Crippen molar-refractivity contribution < 1.29 is 21.6 Å². The SMILES string of the molecule is CCCN1CCCN(c2ccc(S(N)(=O)=O)cc2C(F)(F)F)CC1. The minimum absolute atomic E-state index is 0.00764. The van der Waals surface area contributed by atoms with Crippen molar-refractivity contribution in [1.29, 1.82) is 0 Å². The number of primary sulfonamides is 1. The Kier molecular flexibility index (Phi) is 5.77. The lowest BCUT2D eigenvalue weighted by Crippen LogP contribution is -2.32. The third-order valence-electron chi connectivity index (χ3n) is 4.07. The van der Waals surface area contributed by atoms with Gasteiger partial charge in [-0.15, -0.1) is 0 Å². The van der Waals surface area contributed by atoms with Gasteiger partial charge < -0.3 is 9.80 Å². The molecule has 0 aromatic heterocycles. The summed E-state index contributed by atoms with van der Waals surface area (Å²) in [4.78, 5) is 3.37. The Balaban J connectivity index is 2.35. The van der Waals surface area contributed by atoms with Crippen LogP contribution in [0.3, 0.4) is 0 Å². The molecule has 9 heteroatoms. The predicted molar refractivity (Wildman–Crippen MR) is 86.4 cm³/mol. The lowest BCUT2D eigenvalue weighted by molar-refractivity contribution is -0.137. The van der Waals surface area contributed by atoms with Crippen LogP contribution < -0.4 is 10.0 Å². The van der Waals surface area contributed by atoms with E-state index in [1.54, 1.807) is 4.90 Å². The molecule has 0 radical (unpaired) electrons. The average molecular weight is 365 g/mol. The molecule has 2 rings (SSSR count). The lowest BCUT2D eigenvalue weighted by atomic mass is 10.1. The van der Waals surface area contributed by atoms with Crippen molar-refractivity contribution in [2.75, 3.05) is 37.6 Å². The number of nitrogens with two attached hydrogens (primary N) is 1. The number of hydrogen-bond donors (Lipinski definition) is 1. The van der Waals surface area contributed by atoms with Gasteiger partial charge in [0.05, 0.1) is 10.5 Å². The van der Waals surface area contributed by atoms with Crippen LogP contribution in [-0.4, -0.2) is 46.0 Å². The average Bonchev–Trinajstić information content (AvgIpc) is 2.71. The molecule has 0 atom stereocenters. The Morgan fingerprint density at radius 2 is 1.88 bits per heavy atom. The molecule has 2 N–H and O–H groups in total. The summed E-state index contributed by atoms with van der Waals surface area (Å²) in [6.45, 7) is 5.49. The highest BCUT2D eigenvalue weighted by molar-refractivity contribution is 7.89. The summed E-state index contributed by atoms with van der Waals surface area (Å²) >= 11 is 0. The topological polar surface area (TPSA) is 66.6 Å². The molecule has 1 saturated heterocycles. The first-order valence-corrected chi connectivity index (χ1v) is 9.39. The Morgan fingerprint density at radius 1 is 1.17 bits per heavy atom. The van der Waals surface area contributed by atoms with E-state index < -0.39 is 26.7 Å². The number of rotatable bonds is 4. The molecule has 1 aromatic rings. The van der Waals surface area contributed by atoms with Crippen LogP contribution in [0.5, 0.6) is 0 Å². The van der Waals surface area contributed by atoms with Crippen LogP contribution >= 0.6 is 0 Å². The fourth-order valence-electron chi connectivity index (χ4n) is 2.95. The summed E-state index contributed by atoms with van der Waals surface area (Å²) in [6, 6.07) is 2.96. The number of benzene rings is 1. The second-order valence-corrected chi connectivity index (χ2v) is 7.47. The summed E-state index contributed by atoms with van der Waals surface area (Å²) in [5, 5.41) is 4.96. The second kappa shape index (κ2) is 7.28. The van der Waals surface area contributed by atoms with E-state index in [9.17, 15) is 21.6 Å². The van der Waals surface area contributed by atoms with Crippen molar-refractivity contribution in [2.24, 2.45) is 5.14 Å². The molecule has 5 nitrogen and oxygen atoms in total. The summed E-state index contributed by atoms with van der Waals surface area (Å²) in [6.07, 6.45) is -2.89. The van der Waals surface area contributed by atoms with E-state index in [0.717, 1.165) is 32.0 Å². The third kappa shape index (κ3) is 4.61. The van der Waals surface area contributed by atoms with Crippen LogP contribution in [0.2, 0.25) is 0 Å². The van der Waals surface area contributed by atoms with Crippen molar-refractivity contribution >= 4 is 15.7 Å². The van der Waals surface area contributed by atoms with E-state index in [0.29, 0.717) is 25.7 Å². The number of nitrogens with zero attached hydrogens (tertiary/aromatic N) is 2. The van der Waals surface area contributed by atoms with Crippen molar-refractivity contribution in [3.63, 3.8) is 0 Å². The van der Waals surface area contributed by atoms with Gasteiger partial charge >= 0.3 is 6.18 Å². The molecule has 0 aliphatic carbocycles. The first-order valence-electron chi connectivity index (χ1n) is 7.84. The van der Waals surface area contributed by atoms with Gasteiger partial charge in [0.15, 0.2) is 0 Å². The number of hydrogen-bond acceptors (Lipinski definition) is 4.